The van der Waals surface area contributed by atoms with Crippen molar-refractivity contribution in [1.29, 1.82) is 0 Å². The Morgan fingerprint density at radius 3 is 2.48 bits per heavy atom. The second-order valence-corrected chi connectivity index (χ2v) is 7.71. The number of furan rings is 1. The van der Waals surface area contributed by atoms with Crippen LogP contribution in [0, 0.1) is 0 Å². The molecule has 0 aliphatic rings. The van der Waals surface area contributed by atoms with E-state index in [1.807, 2.05) is 36.4 Å². The Morgan fingerprint density at radius 1 is 0.935 bits per heavy atom. The van der Waals surface area contributed by atoms with Gasteiger partial charge in [0.05, 0.1) is 13.7 Å². The van der Waals surface area contributed by atoms with Crippen LogP contribution >= 0.6 is 0 Å². The molecule has 3 aromatic rings. The standard InChI is InChI=1S/C26H32N2O3/c1-3-4-8-16-27-26(29)25-15-14-24(31-25)20-28(18-21-10-6-5-7-11-21)19-22-12-9-13-23(17-22)30-2/h5-7,9-15,17H,3-4,8,16,18-20H2,1-2H3,(H,27,29). The number of ether oxygens (including phenoxy) is 1. The monoisotopic (exact) mass is 420 g/mol. The molecule has 0 radical (unpaired) electrons. The Kier molecular flexibility index (Phi) is 8.73. The van der Waals surface area contributed by atoms with Gasteiger partial charge in [0, 0.05) is 19.6 Å². The van der Waals surface area contributed by atoms with Gasteiger partial charge in [-0.1, -0.05) is 62.2 Å². The summed E-state index contributed by atoms with van der Waals surface area (Å²) in [6.07, 6.45) is 3.23. The van der Waals surface area contributed by atoms with Gasteiger partial charge in [-0.25, -0.2) is 0 Å². The molecule has 0 bridgehead atoms. The van der Waals surface area contributed by atoms with Gasteiger partial charge in [0.1, 0.15) is 11.5 Å². The van der Waals surface area contributed by atoms with E-state index >= 15 is 0 Å². The predicted octanol–water partition coefficient (Wildman–Crippen LogP) is 5.41. The van der Waals surface area contributed by atoms with Crippen LogP contribution in [-0.2, 0) is 19.6 Å². The summed E-state index contributed by atoms with van der Waals surface area (Å²) in [5, 5.41) is 2.93. The summed E-state index contributed by atoms with van der Waals surface area (Å²) < 4.78 is 11.2. The molecule has 31 heavy (non-hydrogen) atoms. The fraction of sp³-hybridized carbons (Fsp3) is 0.346. The Hall–Kier alpha value is -3.05. The number of nitrogens with zero attached hydrogens (tertiary/aromatic N) is 1. The van der Waals surface area contributed by atoms with Gasteiger partial charge in [0.2, 0.25) is 0 Å². The molecule has 1 heterocycles. The fourth-order valence-corrected chi connectivity index (χ4v) is 3.51. The van der Waals surface area contributed by atoms with Crippen LogP contribution in [0.25, 0.3) is 0 Å². The maximum Gasteiger partial charge on any atom is 0.286 e. The first-order valence-electron chi connectivity index (χ1n) is 10.9. The largest absolute Gasteiger partial charge is 0.497 e. The zero-order valence-electron chi connectivity index (χ0n) is 18.5. The number of amides is 1. The molecule has 0 aliphatic carbocycles. The predicted molar refractivity (Wildman–Crippen MR) is 123 cm³/mol. The van der Waals surface area contributed by atoms with Gasteiger partial charge in [0.25, 0.3) is 5.91 Å². The highest BCUT2D eigenvalue weighted by Gasteiger charge is 2.14. The highest BCUT2D eigenvalue weighted by atomic mass is 16.5. The molecule has 164 valence electrons. The van der Waals surface area contributed by atoms with Crippen LogP contribution in [0.4, 0.5) is 0 Å². The van der Waals surface area contributed by atoms with E-state index in [1.54, 1.807) is 13.2 Å². The number of benzene rings is 2. The summed E-state index contributed by atoms with van der Waals surface area (Å²) in [7, 11) is 1.68. The molecule has 5 nitrogen and oxygen atoms in total. The van der Waals surface area contributed by atoms with Crippen LogP contribution in [-0.4, -0.2) is 24.5 Å². The number of carbonyl (C=O) groups is 1. The zero-order valence-corrected chi connectivity index (χ0v) is 18.5. The second kappa shape index (κ2) is 12.0. The summed E-state index contributed by atoms with van der Waals surface area (Å²) in [4.78, 5) is 14.6. The van der Waals surface area contributed by atoms with Gasteiger partial charge >= 0.3 is 0 Å². The normalized spacial score (nSPS) is 10.9. The van der Waals surface area contributed by atoms with Crippen molar-refractivity contribution in [3.05, 3.63) is 89.4 Å². The number of hydrogen-bond acceptors (Lipinski definition) is 4. The minimum atomic E-state index is -0.148. The lowest BCUT2D eigenvalue weighted by Crippen LogP contribution is -2.24. The quantitative estimate of drug-likeness (QED) is 0.398. The van der Waals surface area contributed by atoms with Crippen molar-refractivity contribution in [3.63, 3.8) is 0 Å². The van der Waals surface area contributed by atoms with Gasteiger partial charge in [-0.15, -0.1) is 0 Å². The van der Waals surface area contributed by atoms with E-state index < -0.39 is 0 Å². The summed E-state index contributed by atoms with van der Waals surface area (Å²) in [6.45, 7) is 4.95. The highest BCUT2D eigenvalue weighted by Crippen LogP contribution is 2.19. The van der Waals surface area contributed by atoms with E-state index in [2.05, 4.69) is 41.4 Å². The fourth-order valence-electron chi connectivity index (χ4n) is 3.51. The average Bonchev–Trinajstić information content (AvgIpc) is 3.26. The van der Waals surface area contributed by atoms with E-state index in [1.165, 1.54) is 5.56 Å². The molecule has 5 heteroatoms. The first kappa shape index (κ1) is 22.6. The molecule has 0 fully saturated rings. The number of rotatable bonds is 12. The van der Waals surface area contributed by atoms with Crippen LogP contribution in [0.5, 0.6) is 5.75 Å². The lowest BCUT2D eigenvalue weighted by atomic mass is 10.1. The Labute approximate surface area is 185 Å². The van der Waals surface area contributed by atoms with Crippen LogP contribution < -0.4 is 10.1 Å². The van der Waals surface area contributed by atoms with Crippen molar-refractivity contribution in [3.8, 4) is 5.75 Å². The number of nitrogens with one attached hydrogen (secondary N) is 1. The summed E-state index contributed by atoms with van der Waals surface area (Å²) >= 11 is 0. The molecular weight excluding hydrogens is 388 g/mol. The van der Waals surface area contributed by atoms with Gasteiger partial charge in [-0.3, -0.25) is 9.69 Å². The summed E-state index contributed by atoms with van der Waals surface area (Å²) in [5.74, 6) is 1.84. The Morgan fingerprint density at radius 2 is 1.71 bits per heavy atom. The number of carbonyl (C=O) groups excluding carboxylic acids is 1. The third-order valence-electron chi connectivity index (χ3n) is 5.12. The molecule has 1 N–H and O–H groups in total. The third kappa shape index (κ3) is 7.30. The Balaban J connectivity index is 1.68. The maximum absolute atomic E-state index is 12.3. The topological polar surface area (TPSA) is 54.7 Å². The Bertz CT molecular complexity index is 937. The van der Waals surface area contributed by atoms with Crippen molar-refractivity contribution in [2.24, 2.45) is 0 Å². The van der Waals surface area contributed by atoms with E-state index in [-0.39, 0.29) is 5.91 Å². The lowest BCUT2D eigenvalue weighted by Gasteiger charge is -2.22. The highest BCUT2D eigenvalue weighted by molar-refractivity contribution is 5.91. The number of hydrogen-bond donors (Lipinski definition) is 1. The van der Waals surface area contributed by atoms with Crippen LogP contribution in [0.15, 0.2) is 71.1 Å². The molecule has 0 spiro atoms. The van der Waals surface area contributed by atoms with Crippen LogP contribution in [0.1, 0.15) is 53.6 Å². The van der Waals surface area contributed by atoms with Gasteiger partial charge in [-0.05, 0) is 41.8 Å². The first-order chi connectivity index (χ1) is 15.2. The van der Waals surface area contributed by atoms with E-state index in [0.29, 0.717) is 18.8 Å². The summed E-state index contributed by atoms with van der Waals surface area (Å²) in [5.41, 5.74) is 2.39. The minimum absolute atomic E-state index is 0.148. The molecule has 0 unspecified atom stereocenters. The number of methoxy groups -OCH3 is 1. The van der Waals surface area contributed by atoms with E-state index in [9.17, 15) is 4.79 Å². The molecule has 0 saturated heterocycles. The van der Waals surface area contributed by atoms with Gasteiger partial charge in [0.15, 0.2) is 5.76 Å². The molecule has 1 amide bonds. The lowest BCUT2D eigenvalue weighted by molar-refractivity contribution is 0.0920. The molecule has 0 atom stereocenters. The second-order valence-electron chi connectivity index (χ2n) is 7.71. The zero-order chi connectivity index (χ0) is 21.9. The smallest absolute Gasteiger partial charge is 0.286 e. The first-order valence-corrected chi connectivity index (χ1v) is 10.9. The molecule has 2 aromatic carbocycles. The van der Waals surface area contributed by atoms with Crippen molar-refractivity contribution in [2.45, 2.75) is 45.8 Å². The van der Waals surface area contributed by atoms with Crippen molar-refractivity contribution in [2.75, 3.05) is 13.7 Å². The van der Waals surface area contributed by atoms with Crippen molar-refractivity contribution >= 4 is 5.91 Å². The summed E-state index contributed by atoms with van der Waals surface area (Å²) in [6, 6.07) is 22.1. The SMILES string of the molecule is CCCCCNC(=O)c1ccc(CN(Cc2ccccc2)Cc2cccc(OC)c2)o1. The number of unbranched alkanes of at least 4 members (excludes halogenated alkanes) is 2. The van der Waals surface area contributed by atoms with E-state index in [4.69, 9.17) is 9.15 Å². The van der Waals surface area contributed by atoms with Crippen molar-refractivity contribution < 1.29 is 13.9 Å². The molecule has 3 rings (SSSR count). The maximum atomic E-state index is 12.3. The molecular formula is C26H32N2O3. The van der Waals surface area contributed by atoms with Crippen LogP contribution in [0.3, 0.4) is 0 Å². The van der Waals surface area contributed by atoms with Crippen molar-refractivity contribution in [1.82, 2.24) is 10.2 Å². The van der Waals surface area contributed by atoms with E-state index in [0.717, 1.165) is 49.4 Å². The van der Waals surface area contributed by atoms with Crippen LogP contribution in [0.2, 0.25) is 0 Å². The molecule has 0 aliphatic heterocycles. The van der Waals surface area contributed by atoms with Gasteiger partial charge < -0.3 is 14.5 Å². The molecule has 1 aromatic heterocycles. The minimum Gasteiger partial charge on any atom is -0.497 e. The molecule has 0 saturated carbocycles. The van der Waals surface area contributed by atoms with Gasteiger partial charge in [-0.2, -0.15) is 0 Å². The average molecular weight is 421 g/mol. The third-order valence-corrected chi connectivity index (χ3v) is 5.12.